The molecule has 1 aliphatic rings. The smallest absolute Gasteiger partial charge is 0.295 e. The van der Waals surface area contributed by atoms with E-state index in [9.17, 15) is 22.4 Å². The molecule has 4 rings (SSSR count). The van der Waals surface area contributed by atoms with Crippen molar-refractivity contribution in [2.75, 3.05) is 0 Å². The second-order valence-electron chi connectivity index (χ2n) is 6.98. The van der Waals surface area contributed by atoms with E-state index in [-0.39, 0.29) is 22.4 Å². The van der Waals surface area contributed by atoms with Crippen LogP contribution in [0.4, 0.5) is 4.39 Å². The van der Waals surface area contributed by atoms with Crippen LogP contribution >= 0.6 is 0 Å². The summed E-state index contributed by atoms with van der Waals surface area (Å²) in [6.07, 6.45) is 0.955. The Hall–Kier alpha value is -2.68. The lowest BCUT2D eigenvalue weighted by atomic mass is 10.2. The van der Waals surface area contributed by atoms with Crippen LogP contribution in [0, 0.1) is 19.7 Å². The molecule has 1 fully saturated rings. The molecule has 0 aliphatic heterocycles. The predicted octanol–water partition coefficient (Wildman–Crippen LogP) is 1.59. The van der Waals surface area contributed by atoms with E-state index in [4.69, 9.17) is 0 Å². The highest BCUT2D eigenvalue weighted by molar-refractivity contribution is 7.91. The molecule has 3 aromatic rings. The Kier molecular flexibility index (Phi) is 3.71. The van der Waals surface area contributed by atoms with Gasteiger partial charge in [-0.3, -0.25) is 9.36 Å². The van der Waals surface area contributed by atoms with Gasteiger partial charge in [-0.25, -0.2) is 22.2 Å². The quantitative estimate of drug-likeness (QED) is 0.679. The highest BCUT2D eigenvalue weighted by atomic mass is 32.2. The van der Waals surface area contributed by atoms with Gasteiger partial charge in [0, 0.05) is 12.6 Å². The van der Waals surface area contributed by atoms with Gasteiger partial charge >= 0.3 is 5.69 Å². The number of aromatic nitrogens is 3. The molecule has 0 saturated heterocycles. The van der Waals surface area contributed by atoms with Crippen LogP contribution in [-0.2, 0) is 17.1 Å². The van der Waals surface area contributed by atoms with Crippen LogP contribution in [0.15, 0.2) is 33.9 Å². The summed E-state index contributed by atoms with van der Waals surface area (Å²) in [5.74, 6) is -0.673. The van der Waals surface area contributed by atoms with Crippen molar-refractivity contribution in [1.82, 2.24) is 13.1 Å². The van der Waals surface area contributed by atoms with Crippen molar-refractivity contribution in [3.8, 4) is 5.69 Å². The summed E-state index contributed by atoms with van der Waals surface area (Å²) in [6.45, 7) is 3.25. The van der Waals surface area contributed by atoms with E-state index in [0.717, 1.165) is 4.57 Å². The van der Waals surface area contributed by atoms with E-state index >= 15 is 0 Å². The monoisotopic (exact) mass is 391 g/mol. The zero-order valence-corrected chi connectivity index (χ0v) is 15.9. The number of fused-ring (bicyclic) bond motifs is 1. The minimum Gasteiger partial charge on any atom is -0.295 e. The molecule has 142 valence electrons. The van der Waals surface area contributed by atoms with Crippen LogP contribution in [0.3, 0.4) is 0 Å². The number of rotatable bonds is 3. The zero-order chi connectivity index (χ0) is 19.7. The number of pyridine rings is 1. The van der Waals surface area contributed by atoms with Gasteiger partial charge in [0.2, 0.25) is 10.0 Å². The van der Waals surface area contributed by atoms with Crippen molar-refractivity contribution in [3.63, 3.8) is 0 Å². The molecule has 0 amide bonds. The van der Waals surface area contributed by atoms with Crippen molar-refractivity contribution < 1.29 is 12.8 Å². The maximum atomic E-state index is 14.6. The van der Waals surface area contributed by atoms with Gasteiger partial charge in [0.25, 0.3) is 5.56 Å². The first kappa shape index (κ1) is 17.7. The topological polar surface area (TPSA) is 83.1 Å². The molecule has 1 aromatic carbocycles. The average Bonchev–Trinajstić information content (AvgIpc) is 3.39. The maximum Gasteiger partial charge on any atom is 0.348 e. The highest BCUT2D eigenvalue weighted by Crippen LogP contribution is 2.31. The summed E-state index contributed by atoms with van der Waals surface area (Å²) in [4.78, 5) is 25.6. The van der Waals surface area contributed by atoms with Crippen molar-refractivity contribution in [3.05, 3.63) is 62.0 Å². The van der Waals surface area contributed by atoms with Crippen LogP contribution in [0.5, 0.6) is 0 Å². The fourth-order valence-electron chi connectivity index (χ4n) is 3.33. The summed E-state index contributed by atoms with van der Waals surface area (Å²) in [5, 5.41) is -0.630. The summed E-state index contributed by atoms with van der Waals surface area (Å²) in [7, 11) is -2.49. The molecule has 0 spiro atoms. The standard InChI is InChI=1S/C18H18FN3O4S/c1-10-4-7-14(13(19)8-10)21-16-15(9-11(2)17(23)20(16)3)22(18(21)24)27(25,26)12-5-6-12/h4,7-9,12H,5-6H2,1-3H3. The van der Waals surface area contributed by atoms with Crippen molar-refractivity contribution in [2.45, 2.75) is 31.9 Å². The number of hydrogen-bond donors (Lipinski definition) is 0. The molecular weight excluding hydrogens is 373 g/mol. The van der Waals surface area contributed by atoms with Crippen LogP contribution in [-0.4, -0.2) is 26.8 Å². The molecule has 0 atom stereocenters. The minimum absolute atomic E-state index is 0.0441. The van der Waals surface area contributed by atoms with Crippen molar-refractivity contribution in [1.29, 1.82) is 0 Å². The third kappa shape index (κ3) is 2.48. The van der Waals surface area contributed by atoms with Crippen LogP contribution in [0.2, 0.25) is 0 Å². The zero-order valence-electron chi connectivity index (χ0n) is 15.1. The molecule has 2 aromatic heterocycles. The molecule has 1 saturated carbocycles. The second kappa shape index (κ2) is 5.66. The van der Waals surface area contributed by atoms with Gasteiger partial charge in [-0.05, 0) is 50.5 Å². The van der Waals surface area contributed by atoms with E-state index in [1.54, 1.807) is 19.9 Å². The highest BCUT2D eigenvalue weighted by Gasteiger charge is 2.40. The number of aryl methyl sites for hydroxylation is 3. The molecule has 9 heteroatoms. The maximum absolute atomic E-state index is 14.6. The molecule has 0 N–H and O–H groups in total. The third-order valence-corrected chi connectivity index (χ3v) is 7.06. The lowest BCUT2D eigenvalue weighted by Crippen LogP contribution is -2.31. The van der Waals surface area contributed by atoms with Crippen LogP contribution in [0.1, 0.15) is 24.0 Å². The van der Waals surface area contributed by atoms with Gasteiger partial charge in [-0.2, -0.15) is 3.97 Å². The molecule has 0 radical (unpaired) electrons. The van der Waals surface area contributed by atoms with Crippen molar-refractivity contribution >= 4 is 21.2 Å². The Bertz CT molecular complexity index is 1330. The van der Waals surface area contributed by atoms with Gasteiger partial charge in [-0.15, -0.1) is 0 Å². The Morgan fingerprint density at radius 1 is 1.11 bits per heavy atom. The molecule has 1 aliphatic carbocycles. The first-order valence-electron chi connectivity index (χ1n) is 8.49. The van der Waals surface area contributed by atoms with Gasteiger partial charge in [0.15, 0.2) is 0 Å². The van der Waals surface area contributed by atoms with E-state index in [1.165, 1.54) is 29.8 Å². The summed E-state index contributed by atoms with van der Waals surface area (Å²) < 4.78 is 43.3. The lowest BCUT2D eigenvalue weighted by molar-refractivity contribution is 0.584. The lowest BCUT2D eigenvalue weighted by Gasteiger charge is -2.09. The van der Waals surface area contributed by atoms with E-state index < -0.39 is 26.8 Å². The first-order chi connectivity index (χ1) is 12.6. The Balaban J connectivity index is 2.23. The normalized spacial score (nSPS) is 14.8. The summed E-state index contributed by atoms with van der Waals surface area (Å²) >= 11 is 0. The van der Waals surface area contributed by atoms with Gasteiger partial charge in [0.1, 0.15) is 17.0 Å². The Morgan fingerprint density at radius 3 is 2.37 bits per heavy atom. The first-order valence-corrected chi connectivity index (χ1v) is 10.00. The molecule has 2 heterocycles. The second-order valence-corrected chi connectivity index (χ2v) is 9.04. The summed E-state index contributed by atoms with van der Waals surface area (Å²) in [6, 6.07) is 5.66. The molecule has 27 heavy (non-hydrogen) atoms. The van der Waals surface area contributed by atoms with E-state index in [2.05, 4.69) is 0 Å². The van der Waals surface area contributed by atoms with Crippen molar-refractivity contribution in [2.24, 2.45) is 7.05 Å². The molecule has 0 bridgehead atoms. The fourth-order valence-corrected chi connectivity index (χ4v) is 5.07. The van der Waals surface area contributed by atoms with Gasteiger partial charge < -0.3 is 0 Å². The third-order valence-electron chi connectivity index (χ3n) is 4.88. The molecule has 7 nitrogen and oxygen atoms in total. The number of nitrogens with zero attached hydrogens (tertiary/aromatic N) is 3. The average molecular weight is 391 g/mol. The fraction of sp³-hybridized carbons (Fsp3) is 0.333. The van der Waals surface area contributed by atoms with E-state index in [1.807, 2.05) is 0 Å². The van der Waals surface area contributed by atoms with Crippen LogP contribution in [0.25, 0.3) is 16.9 Å². The van der Waals surface area contributed by atoms with E-state index in [0.29, 0.717) is 27.9 Å². The Morgan fingerprint density at radius 2 is 1.78 bits per heavy atom. The summed E-state index contributed by atoms with van der Waals surface area (Å²) in [5.41, 5.74) is -0.312. The predicted molar refractivity (Wildman–Crippen MR) is 99.5 cm³/mol. The number of benzene rings is 1. The molecular formula is C18H18FN3O4S. The number of imidazole rings is 1. The number of halogens is 1. The molecule has 0 unspecified atom stereocenters. The minimum atomic E-state index is -3.93. The van der Waals surface area contributed by atoms with Gasteiger partial charge in [0.05, 0.1) is 10.9 Å². The van der Waals surface area contributed by atoms with Gasteiger partial charge in [-0.1, -0.05) is 6.07 Å². The Labute approximate surface area is 154 Å². The SMILES string of the molecule is Cc1ccc(-n2c(=O)n(S(=O)(=O)C3CC3)c3cc(C)c(=O)n(C)c32)c(F)c1. The largest absolute Gasteiger partial charge is 0.348 e. The number of hydrogen-bond acceptors (Lipinski definition) is 4. The van der Waals surface area contributed by atoms with Crippen LogP contribution < -0.4 is 11.2 Å².